The molecule has 3 aromatic rings. The van der Waals surface area contributed by atoms with Gasteiger partial charge < -0.3 is 9.47 Å². The largest absolute Gasteiger partial charge is 0.341 e. The number of amides is 1. The molecular formula is C21H23N3O. The summed E-state index contributed by atoms with van der Waals surface area (Å²) in [5.74, 6) is 1.06. The zero-order valence-electron chi connectivity index (χ0n) is 14.4. The Hall–Kier alpha value is -2.62. The summed E-state index contributed by atoms with van der Waals surface area (Å²) in [6.45, 7) is 2.11. The van der Waals surface area contributed by atoms with Crippen molar-refractivity contribution in [2.75, 3.05) is 13.1 Å². The number of imidazole rings is 1. The van der Waals surface area contributed by atoms with Crippen LogP contribution in [-0.4, -0.2) is 33.4 Å². The number of para-hydroxylation sites is 2. The quantitative estimate of drug-likeness (QED) is 0.723. The summed E-state index contributed by atoms with van der Waals surface area (Å²) in [4.78, 5) is 19.7. The van der Waals surface area contributed by atoms with E-state index in [0.29, 0.717) is 6.54 Å². The Kier molecular flexibility index (Phi) is 4.51. The molecule has 4 heteroatoms. The molecule has 0 unspecified atom stereocenters. The summed E-state index contributed by atoms with van der Waals surface area (Å²) in [6, 6.07) is 18.2. The van der Waals surface area contributed by atoms with Gasteiger partial charge in [0.1, 0.15) is 12.4 Å². The van der Waals surface area contributed by atoms with Gasteiger partial charge in [-0.15, -0.1) is 0 Å². The Bertz CT molecular complexity index is 861. The van der Waals surface area contributed by atoms with Crippen LogP contribution in [-0.2, 0) is 11.3 Å². The molecule has 1 saturated heterocycles. The summed E-state index contributed by atoms with van der Waals surface area (Å²) in [5, 5.41) is 0. The summed E-state index contributed by atoms with van der Waals surface area (Å²) < 4.78 is 2.07. The molecule has 2 aromatic carbocycles. The van der Waals surface area contributed by atoms with E-state index in [1.807, 2.05) is 59.5 Å². The molecule has 4 nitrogen and oxygen atoms in total. The van der Waals surface area contributed by atoms with Crippen molar-refractivity contribution in [3.05, 3.63) is 54.6 Å². The van der Waals surface area contributed by atoms with E-state index in [1.54, 1.807) is 0 Å². The van der Waals surface area contributed by atoms with Crippen molar-refractivity contribution in [1.82, 2.24) is 14.5 Å². The minimum atomic E-state index is 0.197. The van der Waals surface area contributed by atoms with Crippen molar-refractivity contribution in [3.8, 4) is 11.4 Å². The molecule has 2 heterocycles. The fraction of sp³-hybridized carbons (Fsp3) is 0.333. The van der Waals surface area contributed by atoms with Crippen molar-refractivity contribution in [2.45, 2.75) is 32.2 Å². The maximum Gasteiger partial charge on any atom is 0.242 e. The number of hydrogen-bond donors (Lipinski definition) is 0. The predicted molar refractivity (Wildman–Crippen MR) is 100 cm³/mol. The van der Waals surface area contributed by atoms with Crippen molar-refractivity contribution in [1.29, 1.82) is 0 Å². The zero-order valence-corrected chi connectivity index (χ0v) is 14.4. The third-order valence-electron chi connectivity index (χ3n) is 4.94. The Balaban J connectivity index is 1.71. The normalized spacial score (nSPS) is 15.3. The Morgan fingerprint density at radius 3 is 2.32 bits per heavy atom. The van der Waals surface area contributed by atoms with E-state index in [-0.39, 0.29) is 5.91 Å². The number of nitrogens with zero attached hydrogens (tertiary/aromatic N) is 3. The van der Waals surface area contributed by atoms with Crippen LogP contribution in [0.3, 0.4) is 0 Å². The van der Waals surface area contributed by atoms with Crippen LogP contribution in [0.25, 0.3) is 22.4 Å². The van der Waals surface area contributed by atoms with Crippen LogP contribution in [0.5, 0.6) is 0 Å². The van der Waals surface area contributed by atoms with Crippen LogP contribution < -0.4 is 0 Å². The summed E-state index contributed by atoms with van der Waals surface area (Å²) in [7, 11) is 0. The third kappa shape index (κ3) is 3.29. The van der Waals surface area contributed by atoms with Crippen molar-refractivity contribution in [2.24, 2.45) is 0 Å². The van der Waals surface area contributed by atoms with E-state index >= 15 is 0 Å². The second-order valence-electron chi connectivity index (χ2n) is 6.67. The van der Waals surface area contributed by atoms with E-state index in [0.717, 1.165) is 48.4 Å². The first-order valence-corrected chi connectivity index (χ1v) is 9.11. The molecule has 0 spiro atoms. The van der Waals surface area contributed by atoms with Gasteiger partial charge in [0.25, 0.3) is 0 Å². The number of fused-ring (bicyclic) bond motifs is 1. The molecule has 0 atom stereocenters. The average molecular weight is 333 g/mol. The Morgan fingerprint density at radius 2 is 1.56 bits per heavy atom. The fourth-order valence-corrected chi connectivity index (χ4v) is 3.60. The number of hydrogen-bond acceptors (Lipinski definition) is 2. The van der Waals surface area contributed by atoms with E-state index in [9.17, 15) is 4.79 Å². The highest BCUT2D eigenvalue weighted by Crippen LogP contribution is 2.25. The third-order valence-corrected chi connectivity index (χ3v) is 4.94. The standard InChI is InChI=1S/C21H23N3O/c25-20(23-14-8-1-2-9-15-23)16-24-19-13-7-6-12-18(19)22-21(24)17-10-4-3-5-11-17/h3-7,10-13H,1-2,8-9,14-16H2. The number of rotatable bonds is 3. The molecule has 4 rings (SSSR count). The van der Waals surface area contributed by atoms with Gasteiger partial charge in [0.15, 0.2) is 0 Å². The molecular weight excluding hydrogens is 310 g/mol. The lowest BCUT2D eigenvalue weighted by atomic mass is 10.2. The van der Waals surface area contributed by atoms with Crippen molar-refractivity contribution < 1.29 is 4.79 Å². The first-order valence-electron chi connectivity index (χ1n) is 9.11. The van der Waals surface area contributed by atoms with E-state index < -0.39 is 0 Å². The summed E-state index contributed by atoms with van der Waals surface area (Å²) in [5.41, 5.74) is 3.00. The van der Waals surface area contributed by atoms with Crippen LogP contribution in [0, 0.1) is 0 Å². The SMILES string of the molecule is O=C(Cn1c(-c2ccccc2)nc2ccccc21)N1CCCCCC1. The molecule has 1 amide bonds. The average Bonchev–Trinajstić information content (AvgIpc) is 2.83. The second-order valence-corrected chi connectivity index (χ2v) is 6.67. The Morgan fingerprint density at radius 1 is 0.880 bits per heavy atom. The first kappa shape index (κ1) is 15.9. The van der Waals surface area contributed by atoms with Crippen molar-refractivity contribution >= 4 is 16.9 Å². The predicted octanol–water partition coefficient (Wildman–Crippen LogP) is 4.11. The number of likely N-dealkylation sites (tertiary alicyclic amines) is 1. The van der Waals surface area contributed by atoms with E-state index in [1.165, 1.54) is 12.8 Å². The lowest BCUT2D eigenvalue weighted by Gasteiger charge is -2.21. The lowest BCUT2D eigenvalue weighted by molar-refractivity contribution is -0.131. The van der Waals surface area contributed by atoms with Gasteiger partial charge in [-0.1, -0.05) is 55.3 Å². The fourth-order valence-electron chi connectivity index (χ4n) is 3.60. The molecule has 0 aliphatic carbocycles. The van der Waals surface area contributed by atoms with Crippen LogP contribution in [0.15, 0.2) is 54.6 Å². The molecule has 1 fully saturated rings. The van der Waals surface area contributed by atoms with Gasteiger partial charge in [-0.3, -0.25) is 4.79 Å². The van der Waals surface area contributed by atoms with Crippen LogP contribution in [0.1, 0.15) is 25.7 Å². The van der Waals surface area contributed by atoms with Gasteiger partial charge >= 0.3 is 0 Å². The van der Waals surface area contributed by atoms with Crippen molar-refractivity contribution in [3.63, 3.8) is 0 Å². The maximum absolute atomic E-state index is 12.9. The molecule has 1 aliphatic rings. The summed E-state index contributed by atoms with van der Waals surface area (Å²) in [6.07, 6.45) is 4.68. The number of benzene rings is 2. The van der Waals surface area contributed by atoms with Crippen LogP contribution in [0.2, 0.25) is 0 Å². The molecule has 0 N–H and O–H groups in total. The second kappa shape index (κ2) is 7.09. The highest BCUT2D eigenvalue weighted by atomic mass is 16.2. The monoisotopic (exact) mass is 333 g/mol. The molecule has 0 saturated carbocycles. The van der Waals surface area contributed by atoms with Gasteiger partial charge in [-0.25, -0.2) is 4.98 Å². The first-order chi connectivity index (χ1) is 12.3. The van der Waals surface area contributed by atoms with Gasteiger partial charge in [-0.05, 0) is 25.0 Å². The van der Waals surface area contributed by atoms with Gasteiger partial charge in [-0.2, -0.15) is 0 Å². The highest BCUT2D eigenvalue weighted by Gasteiger charge is 2.19. The zero-order chi connectivity index (χ0) is 17.1. The maximum atomic E-state index is 12.9. The van der Waals surface area contributed by atoms with E-state index in [2.05, 4.69) is 4.57 Å². The van der Waals surface area contributed by atoms with E-state index in [4.69, 9.17) is 4.98 Å². The molecule has 128 valence electrons. The number of aromatic nitrogens is 2. The number of carbonyl (C=O) groups is 1. The topological polar surface area (TPSA) is 38.1 Å². The Labute approximate surface area is 148 Å². The van der Waals surface area contributed by atoms with Gasteiger partial charge in [0.2, 0.25) is 5.91 Å². The van der Waals surface area contributed by atoms with Gasteiger partial charge in [0.05, 0.1) is 11.0 Å². The minimum absolute atomic E-state index is 0.197. The smallest absolute Gasteiger partial charge is 0.242 e. The minimum Gasteiger partial charge on any atom is -0.341 e. The van der Waals surface area contributed by atoms with Gasteiger partial charge in [0, 0.05) is 18.7 Å². The molecule has 0 bridgehead atoms. The molecule has 25 heavy (non-hydrogen) atoms. The van der Waals surface area contributed by atoms with Crippen LogP contribution in [0.4, 0.5) is 0 Å². The number of carbonyl (C=O) groups excluding carboxylic acids is 1. The van der Waals surface area contributed by atoms with Crippen LogP contribution >= 0.6 is 0 Å². The molecule has 0 radical (unpaired) electrons. The molecule has 1 aliphatic heterocycles. The highest BCUT2D eigenvalue weighted by molar-refractivity contribution is 5.84. The molecule has 1 aromatic heterocycles. The lowest BCUT2D eigenvalue weighted by Crippen LogP contribution is -2.34. The summed E-state index contributed by atoms with van der Waals surface area (Å²) >= 11 is 0.